The number of hydrogen-bond acceptors (Lipinski definition) is 4. The summed E-state index contributed by atoms with van der Waals surface area (Å²) in [6.45, 7) is 6.38. The molecule has 1 aromatic heterocycles. The van der Waals surface area contributed by atoms with E-state index in [-0.39, 0.29) is 0 Å². The van der Waals surface area contributed by atoms with Crippen LogP contribution in [0.1, 0.15) is 43.5 Å². The molecule has 0 radical (unpaired) electrons. The predicted octanol–water partition coefficient (Wildman–Crippen LogP) is 2.20. The fourth-order valence-electron chi connectivity index (χ4n) is 3.37. The monoisotopic (exact) mass is 260 g/mol. The molecule has 2 aliphatic rings. The van der Waals surface area contributed by atoms with Crippen molar-refractivity contribution in [1.29, 1.82) is 0 Å². The van der Waals surface area contributed by atoms with Gasteiger partial charge in [0.15, 0.2) is 0 Å². The number of anilines is 1. The Hall–Kier alpha value is -1.16. The maximum absolute atomic E-state index is 4.75. The lowest BCUT2D eigenvalue weighted by atomic mass is 9.94. The molecular formula is C15H24N4. The largest absolute Gasteiger partial charge is 0.351 e. The Morgan fingerprint density at radius 2 is 2.05 bits per heavy atom. The van der Waals surface area contributed by atoms with Crippen molar-refractivity contribution in [1.82, 2.24) is 15.3 Å². The third-order valence-corrected chi connectivity index (χ3v) is 4.59. The van der Waals surface area contributed by atoms with E-state index in [0.29, 0.717) is 12.1 Å². The zero-order chi connectivity index (χ0) is 13.2. The molecular weight excluding hydrogens is 236 g/mol. The van der Waals surface area contributed by atoms with Gasteiger partial charge in [-0.15, -0.1) is 0 Å². The van der Waals surface area contributed by atoms with Gasteiger partial charge in [0.2, 0.25) is 0 Å². The Bertz CT molecular complexity index is 440. The summed E-state index contributed by atoms with van der Waals surface area (Å²) >= 11 is 0. The first kappa shape index (κ1) is 12.9. The van der Waals surface area contributed by atoms with Gasteiger partial charge < -0.3 is 10.2 Å². The first-order valence-electron chi connectivity index (χ1n) is 7.56. The minimum atomic E-state index is 0.604. The second-order valence-electron chi connectivity index (χ2n) is 5.86. The highest BCUT2D eigenvalue weighted by atomic mass is 15.3. The van der Waals surface area contributed by atoms with Crippen LogP contribution in [-0.4, -0.2) is 35.1 Å². The first-order valence-corrected chi connectivity index (χ1v) is 7.56. The van der Waals surface area contributed by atoms with Gasteiger partial charge in [-0.05, 0) is 52.5 Å². The molecule has 0 bridgehead atoms. The summed E-state index contributed by atoms with van der Waals surface area (Å²) in [5.41, 5.74) is 2.09. The van der Waals surface area contributed by atoms with Crippen LogP contribution in [0.25, 0.3) is 0 Å². The molecule has 0 amide bonds. The quantitative estimate of drug-likeness (QED) is 0.885. The second kappa shape index (κ2) is 5.45. The molecule has 0 spiro atoms. The van der Waals surface area contributed by atoms with Gasteiger partial charge in [0.25, 0.3) is 0 Å². The van der Waals surface area contributed by atoms with Gasteiger partial charge in [-0.2, -0.15) is 0 Å². The number of nitrogens with one attached hydrogen (secondary N) is 1. The van der Waals surface area contributed by atoms with Crippen LogP contribution in [-0.2, 0) is 0 Å². The van der Waals surface area contributed by atoms with Crippen LogP contribution in [0.5, 0.6) is 0 Å². The molecule has 0 saturated carbocycles. The van der Waals surface area contributed by atoms with Gasteiger partial charge in [0, 0.05) is 18.6 Å². The number of nitrogens with zero attached hydrogens (tertiary/aromatic N) is 3. The maximum atomic E-state index is 4.75. The summed E-state index contributed by atoms with van der Waals surface area (Å²) in [6.07, 6.45) is 8.48. The molecule has 2 fully saturated rings. The van der Waals surface area contributed by atoms with Crippen LogP contribution < -0.4 is 10.2 Å². The van der Waals surface area contributed by atoms with E-state index >= 15 is 0 Å². The summed E-state index contributed by atoms with van der Waals surface area (Å²) in [4.78, 5) is 11.7. The Labute approximate surface area is 115 Å². The second-order valence-corrected chi connectivity index (χ2v) is 5.86. The van der Waals surface area contributed by atoms with Crippen LogP contribution >= 0.6 is 0 Å². The average Bonchev–Trinajstić information content (AvgIpc) is 2.96. The number of aromatic nitrogens is 2. The van der Waals surface area contributed by atoms with Crippen LogP contribution in [0.4, 0.5) is 5.82 Å². The normalized spacial score (nSPS) is 27.8. The summed E-state index contributed by atoms with van der Waals surface area (Å²) in [6, 6.07) is 1.25. The summed E-state index contributed by atoms with van der Waals surface area (Å²) in [7, 11) is 0. The Morgan fingerprint density at radius 3 is 2.79 bits per heavy atom. The average molecular weight is 260 g/mol. The minimum Gasteiger partial charge on any atom is -0.351 e. The third kappa shape index (κ3) is 2.59. The van der Waals surface area contributed by atoms with E-state index < -0.39 is 0 Å². The van der Waals surface area contributed by atoms with Crippen LogP contribution in [0.15, 0.2) is 6.20 Å². The van der Waals surface area contributed by atoms with Crippen molar-refractivity contribution in [2.75, 3.05) is 18.0 Å². The molecule has 2 atom stereocenters. The number of piperidine rings is 1. The third-order valence-electron chi connectivity index (χ3n) is 4.59. The Kier molecular flexibility index (Phi) is 3.69. The molecule has 3 heterocycles. The molecule has 2 saturated heterocycles. The number of hydrogen-bond donors (Lipinski definition) is 1. The van der Waals surface area contributed by atoms with Gasteiger partial charge in [-0.1, -0.05) is 0 Å². The molecule has 4 nitrogen and oxygen atoms in total. The van der Waals surface area contributed by atoms with Crippen molar-refractivity contribution in [3.8, 4) is 0 Å². The highest BCUT2D eigenvalue weighted by Gasteiger charge is 2.32. The van der Waals surface area contributed by atoms with E-state index in [1.54, 1.807) is 0 Å². The van der Waals surface area contributed by atoms with Gasteiger partial charge in [0.1, 0.15) is 5.82 Å². The van der Waals surface area contributed by atoms with Gasteiger partial charge in [-0.3, -0.25) is 4.98 Å². The standard InChI is InChI=1S/C15H24N4/c1-11-12(2)18-15(10-17-11)19-9-4-3-7-14(19)13-6-5-8-16-13/h10,13-14,16H,3-9H2,1-2H3. The molecule has 4 heteroatoms. The Morgan fingerprint density at radius 1 is 1.16 bits per heavy atom. The van der Waals surface area contributed by atoms with E-state index in [1.807, 2.05) is 13.1 Å². The van der Waals surface area contributed by atoms with E-state index in [9.17, 15) is 0 Å². The molecule has 104 valence electrons. The first-order chi connectivity index (χ1) is 9.25. The molecule has 0 aromatic carbocycles. The smallest absolute Gasteiger partial charge is 0.147 e. The molecule has 1 aromatic rings. The number of rotatable bonds is 2. The number of aryl methyl sites for hydroxylation is 2. The van der Waals surface area contributed by atoms with Gasteiger partial charge in [-0.25, -0.2) is 4.98 Å². The van der Waals surface area contributed by atoms with E-state index in [1.165, 1.54) is 38.6 Å². The predicted molar refractivity (Wildman–Crippen MR) is 77.5 cm³/mol. The van der Waals surface area contributed by atoms with E-state index in [2.05, 4.69) is 22.1 Å². The highest BCUT2D eigenvalue weighted by Crippen LogP contribution is 2.28. The van der Waals surface area contributed by atoms with Gasteiger partial charge >= 0.3 is 0 Å². The van der Waals surface area contributed by atoms with Crippen molar-refractivity contribution in [2.45, 2.75) is 58.0 Å². The van der Waals surface area contributed by atoms with Gasteiger partial charge in [0.05, 0.1) is 17.6 Å². The van der Waals surface area contributed by atoms with Crippen molar-refractivity contribution < 1.29 is 0 Å². The van der Waals surface area contributed by atoms with Crippen molar-refractivity contribution in [3.63, 3.8) is 0 Å². The zero-order valence-corrected chi connectivity index (χ0v) is 12.0. The lowest BCUT2D eigenvalue weighted by Crippen LogP contribution is -2.50. The van der Waals surface area contributed by atoms with E-state index in [4.69, 9.17) is 4.98 Å². The van der Waals surface area contributed by atoms with Crippen molar-refractivity contribution >= 4 is 5.82 Å². The summed E-state index contributed by atoms with van der Waals surface area (Å²) in [5, 5.41) is 3.66. The fraction of sp³-hybridized carbons (Fsp3) is 0.733. The molecule has 1 N–H and O–H groups in total. The van der Waals surface area contributed by atoms with Crippen LogP contribution in [0.3, 0.4) is 0 Å². The SMILES string of the molecule is Cc1ncc(N2CCCCC2C2CCCN2)nc1C. The highest BCUT2D eigenvalue weighted by molar-refractivity contribution is 5.40. The zero-order valence-electron chi connectivity index (χ0n) is 12.0. The molecule has 2 unspecified atom stereocenters. The van der Waals surface area contributed by atoms with Crippen LogP contribution in [0, 0.1) is 13.8 Å². The Balaban J connectivity index is 1.84. The molecule has 19 heavy (non-hydrogen) atoms. The maximum Gasteiger partial charge on any atom is 0.147 e. The minimum absolute atomic E-state index is 0.604. The summed E-state index contributed by atoms with van der Waals surface area (Å²) < 4.78 is 0. The summed E-state index contributed by atoms with van der Waals surface area (Å²) in [5.74, 6) is 1.07. The lowest BCUT2D eigenvalue weighted by molar-refractivity contribution is 0.375. The lowest BCUT2D eigenvalue weighted by Gasteiger charge is -2.40. The molecule has 3 rings (SSSR count). The van der Waals surface area contributed by atoms with E-state index in [0.717, 1.165) is 23.8 Å². The van der Waals surface area contributed by atoms with Crippen molar-refractivity contribution in [2.24, 2.45) is 0 Å². The topological polar surface area (TPSA) is 41.1 Å². The van der Waals surface area contributed by atoms with Crippen molar-refractivity contribution in [3.05, 3.63) is 17.6 Å². The molecule has 0 aliphatic carbocycles. The molecule has 2 aliphatic heterocycles. The fourth-order valence-corrected chi connectivity index (χ4v) is 3.37. The van der Waals surface area contributed by atoms with Crippen LogP contribution in [0.2, 0.25) is 0 Å².